The van der Waals surface area contributed by atoms with E-state index in [4.69, 9.17) is 0 Å². The Morgan fingerprint density at radius 3 is 2.69 bits per heavy atom. The molecule has 16 heavy (non-hydrogen) atoms. The third kappa shape index (κ3) is 3.05. The molecule has 0 bridgehead atoms. The molecule has 1 fully saturated rings. The number of piperidine rings is 1. The Labute approximate surface area is 97.1 Å². The van der Waals surface area contributed by atoms with E-state index in [9.17, 15) is 4.39 Å². The highest BCUT2D eigenvalue weighted by molar-refractivity contribution is 5.24. The molecule has 88 valence electrons. The number of nitrogens with one attached hydrogen (secondary N) is 1. The summed E-state index contributed by atoms with van der Waals surface area (Å²) in [7, 11) is 0. The number of hydrogen-bond donors (Lipinski definition) is 1. The Kier molecular flexibility index (Phi) is 3.94. The molecule has 2 heteroatoms. The summed E-state index contributed by atoms with van der Waals surface area (Å²) in [4.78, 5) is 0. The van der Waals surface area contributed by atoms with Crippen LogP contribution in [0.1, 0.15) is 37.1 Å². The molecule has 2 unspecified atom stereocenters. The van der Waals surface area contributed by atoms with Crippen LogP contribution in [0.5, 0.6) is 0 Å². The van der Waals surface area contributed by atoms with Crippen molar-refractivity contribution >= 4 is 0 Å². The van der Waals surface area contributed by atoms with Crippen LogP contribution < -0.4 is 5.32 Å². The third-order valence-electron chi connectivity index (χ3n) is 3.36. The monoisotopic (exact) mass is 221 g/mol. The van der Waals surface area contributed by atoms with Gasteiger partial charge in [-0.1, -0.05) is 24.3 Å². The lowest BCUT2D eigenvalue weighted by atomic mass is 9.92. The van der Waals surface area contributed by atoms with Gasteiger partial charge in [-0.25, -0.2) is 4.39 Å². The van der Waals surface area contributed by atoms with Crippen LogP contribution in [0, 0.1) is 5.92 Å². The second-order valence-corrected chi connectivity index (χ2v) is 4.77. The van der Waals surface area contributed by atoms with Crippen molar-refractivity contribution in [1.82, 2.24) is 5.32 Å². The molecule has 1 aliphatic heterocycles. The van der Waals surface area contributed by atoms with Gasteiger partial charge in [0.15, 0.2) is 0 Å². The number of rotatable bonds is 3. The van der Waals surface area contributed by atoms with Crippen molar-refractivity contribution in [2.45, 2.75) is 32.4 Å². The lowest BCUT2D eigenvalue weighted by Crippen LogP contribution is -2.30. The highest BCUT2D eigenvalue weighted by atomic mass is 19.1. The van der Waals surface area contributed by atoms with Gasteiger partial charge < -0.3 is 5.32 Å². The number of benzene rings is 1. The van der Waals surface area contributed by atoms with Crippen molar-refractivity contribution in [1.29, 1.82) is 0 Å². The van der Waals surface area contributed by atoms with Crippen LogP contribution in [0.3, 0.4) is 0 Å². The van der Waals surface area contributed by atoms with Crippen molar-refractivity contribution in [2.24, 2.45) is 5.92 Å². The van der Waals surface area contributed by atoms with E-state index < -0.39 is 6.17 Å². The molecule has 1 saturated heterocycles. The molecule has 2 atom stereocenters. The van der Waals surface area contributed by atoms with Gasteiger partial charge in [0.2, 0.25) is 0 Å². The molecule has 0 spiro atoms. The van der Waals surface area contributed by atoms with Gasteiger partial charge >= 0.3 is 0 Å². The van der Waals surface area contributed by atoms with E-state index in [1.54, 1.807) is 6.92 Å². The quantitative estimate of drug-likeness (QED) is 0.826. The topological polar surface area (TPSA) is 12.0 Å². The molecule has 1 nitrogen and oxygen atoms in total. The lowest BCUT2D eigenvalue weighted by molar-refractivity contribution is 0.372. The van der Waals surface area contributed by atoms with Gasteiger partial charge in [-0.3, -0.25) is 0 Å². The lowest BCUT2D eigenvalue weighted by Gasteiger charge is -2.22. The average Bonchev–Trinajstić information content (AvgIpc) is 2.31. The first-order valence-electron chi connectivity index (χ1n) is 6.19. The second kappa shape index (κ2) is 5.44. The summed E-state index contributed by atoms with van der Waals surface area (Å²) in [5.74, 6) is 0.752. The molecule has 2 rings (SSSR count). The molecule has 1 aromatic rings. The van der Waals surface area contributed by atoms with E-state index in [2.05, 4.69) is 17.4 Å². The average molecular weight is 221 g/mol. The molecule has 0 aliphatic carbocycles. The van der Waals surface area contributed by atoms with Crippen molar-refractivity contribution in [3.05, 3.63) is 35.4 Å². The van der Waals surface area contributed by atoms with Crippen LogP contribution in [0.15, 0.2) is 24.3 Å². The molecule has 0 amide bonds. The SMILES string of the molecule is CC(F)c1ccc(CC2CCCNC2)cc1. The minimum atomic E-state index is -0.856. The van der Waals surface area contributed by atoms with Crippen molar-refractivity contribution < 1.29 is 4.39 Å². The Bertz CT molecular complexity index is 312. The molecular formula is C14H20FN. The summed E-state index contributed by atoms with van der Waals surface area (Å²) in [6.07, 6.45) is 2.86. The summed E-state index contributed by atoms with van der Waals surface area (Å²) in [5.41, 5.74) is 2.11. The smallest absolute Gasteiger partial charge is 0.122 e. The maximum Gasteiger partial charge on any atom is 0.122 e. The van der Waals surface area contributed by atoms with E-state index in [0.29, 0.717) is 0 Å². The van der Waals surface area contributed by atoms with Crippen LogP contribution in [0.25, 0.3) is 0 Å². The van der Waals surface area contributed by atoms with E-state index in [-0.39, 0.29) is 0 Å². The van der Waals surface area contributed by atoms with Gasteiger partial charge in [-0.05, 0) is 56.3 Å². The largest absolute Gasteiger partial charge is 0.316 e. The maximum atomic E-state index is 13.0. The van der Waals surface area contributed by atoms with E-state index >= 15 is 0 Å². The Morgan fingerprint density at radius 2 is 2.12 bits per heavy atom. The molecule has 1 aliphatic rings. The first-order valence-corrected chi connectivity index (χ1v) is 6.19. The summed E-state index contributed by atoms with van der Waals surface area (Å²) >= 11 is 0. The Morgan fingerprint density at radius 1 is 1.38 bits per heavy atom. The molecule has 0 radical (unpaired) electrons. The van der Waals surface area contributed by atoms with Gasteiger partial charge in [0.1, 0.15) is 6.17 Å². The van der Waals surface area contributed by atoms with E-state index in [1.165, 1.54) is 18.4 Å². The van der Waals surface area contributed by atoms with E-state index in [0.717, 1.165) is 31.0 Å². The number of hydrogen-bond acceptors (Lipinski definition) is 1. The third-order valence-corrected chi connectivity index (χ3v) is 3.36. The number of halogens is 1. The van der Waals surface area contributed by atoms with Crippen molar-refractivity contribution in [3.8, 4) is 0 Å². The van der Waals surface area contributed by atoms with Crippen LogP contribution in [0.2, 0.25) is 0 Å². The minimum Gasteiger partial charge on any atom is -0.316 e. The van der Waals surface area contributed by atoms with Crippen LogP contribution in [0.4, 0.5) is 4.39 Å². The Balaban J connectivity index is 1.93. The second-order valence-electron chi connectivity index (χ2n) is 4.77. The fourth-order valence-electron chi connectivity index (χ4n) is 2.35. The molecule has 1 aromatic carbocycles. The predicted molar refractivity (Wildman–Crippen MR) is 65.3 cm³/mol. The zero-order chi connectivity index (χ0) is 11.4. The van der Waals surface area contributed by atoms with Crippen LogP contribution in [-0.4, -0.2) is 13.1 Å². The minimum absolute atomic E-state index is 0.752. The van der Waals surface area contributed by atoms with Crippen molar-refractivity contribution in [3.63, 3.8) is 0 Å². The van der Waals surface area contributed by atoms with Gasteiger partial charge in [0.05, 0.1) is 0 Å². The fraction of sp³-hybridized carbons (Fsp3) is 0.571. The summed E-state index contributed by atoms with van der Waals surface area (Å²) in [6, 6.07) is 7.96. The molecule has 1 N–H and O–H groups in total. The van der Waals surface area contributed by atoms with Gasteiger partial charge in [-0.15, -0.1) is 0 Å². The highest BCUT2D eigenvalue weighted by Crippen LogP contribution is 2.20. The number of alkyl halides is 1. The zero-order valence-electron chi connectivity index (χ0n) is 9.88. The molecular weight excluding hydrogens is 201 g/mol. The van der Waals surface area contributed by atoms with Gasteiger partial charge in [-0.2, -0.15) is 0 Å². The standard InChI is InChI=1S/C14H20FN/c1-11(15)14-6-4-12(5-7-14)9-13-3-2-8-16-10-13/h4-7,11,13,16H,2-3,8-10H2,1H3. The first kappa shape index (κ1) is 11.6. The first-order chi connectivity index (χ1) is 7.75. The maximum absolute atomic E-state index is 13.0. The normalized spacial score (nSPS) is 23.0. The summed E-state index contributed by atoms with van der Waals surface area (Å²) in [6.45, 7) is 3.87. The predicted octanol–water partition coefficient (Wildman–Crippen LogP) is 3.26. The van der Waals surface area contributed by atoms with E-state index in [1.807, 2.05) is 12.1 Å². The van der Waals surface area contributed by atoms with Crippen LogP contribution in [-0.2, 0) is 6.42 Å². The molecule has 0 aromatic heterocycles. The summed E-state index contributed by atoms with van der Waals surface area (Å²) in [5, 5.41) is 3.42. The van der Waals surface area contributed by atoms with Gasteiger partial charge in [0.25, 0.3) is 0 Å². The molecule has 1 heterocycles. The summed E-state index contributed by atoms with van der Waals surface area (Å²) < 4.78 is 13.0. The molecule has 0 saturated carbocycles. The van der Waals surface area contributed by atoms with Crippen LogP contribution >= 0.6 is 0 Å². The highest BCUT2D eigenvalue weighted by Gasteiger charge is 2.13. The van der Waals surface area contributed by atoms with Gasteiger partial charge in [0, 0.05) is 0 Å². The zero-order valence-corrected chi connectivity index (χ0v) is 9.88. The Hall–Kier alpha value is -0.890. The van der Waals surface area contributed by atoms with Crippen molar-refractivity contribution in [2.75, 3.05) is 13.1 Å². The fourth-order valence-corrected chi connectivity index (χ4v) is 2.35.